The molecule has 1 aliphatic rings. The maximum Gasteiger partial charge on any atom is 0.244 e. The number of carbonyl (C=O) groups excluding carboxylic acids is 2. The zero-order valence-electron chi connectivity index (χ0n) is 24.3. The number of rotatable bonds is 11. The lowest BCUT2D eigenvalue weighted by Gasteiger charge is -2.35. The molecule has 41 heavy (non-hydrogen) atoms. The predicted molar refractivity (Wildman–Crippen MR) is 164 cm³/mol. The van der Waals surface area contributed by atoms with Gasteiger partial charge in [0, 0.05) is 19.0 Å². The first-order chi connectivity index (χ1) is 19.6. The Balaban J connectivity index is 1.71. The third-order valence-electron chi connectivity index (χ3n) is 7.88. The number of sulfonamides is 1. The van der Waals surface area contributed by atoms with Gasteiger partial charge in [0.05, 0.1) is 11.9 Å². The number of carbonyl (C=O) groups is 2. The molecule has 0 heterocycles. The molecule has 1 unspecified atom stereocenters. The van der Waals surface area contributed by atoms with Crippen LogP contribution in [-0.2, 0) is 32.6 Å². The third-order valence-corrected chi connectivity index (χ3v) is 9.02. The number of benzene rings is 3. The molecule has 3 aromatic rings. The van der Waals surface area contributed by atoms with Gasteiger partial charge in [-0.15, -0.1) is 0 Å². The van der Waals surface area contributed by atoms with Crippen LogP contribution in [0, 0.1) is 13.8 Å². The van der Waals surface area contributed by atoms with E-state index in [-0.39, 0.29) is 18.5 Å². The largest absolute Gasteiger partial charge is 0.352 e. The number of aryl methyl sites for hydroxylation is 2. The highest BCUT2D eigenvalue weighted by Gasteiger charge is 2.34. The molecule has 1 saturated carbocycles. The lowest BCUT2D eigenvalue weighted by molar-refractivity contribution is -0.140. The van der Waals surface area contributed by atoms with Crippen molar-refractivity contribution in [3.05, 3.63) is 101 Å². The normalized spacial score (nSPS) is 14.7. The predicted octanol–water partition coefficient (Wildman–Crippen LogP) is 5.16. The Kier molecular flexibility index (Phi) is 10.2. The van der Waals surface area contributed by atoms with Crippen LogP contribution in [0.25, 0.3) is 0 Å². The first kappa shape index (κ1) is 30.3. The molecular weight excluding hydrogens is 534 g/mol. The van der Waals surface area contributed by atoms with Gasteiger partial charge in [-0.2, -0.15) is 0 Å². The molecule has 3 aromatic carbocycles. The van der Waals surface area contributed by atoms with Crippen LogP contribution in [0.15, 0.2) is 78.9 Å². The van der Waals surface area contributed by atoms with Crippen LogP contribution >= 0.6 is 0 Å². The van der Waals surface area contributed by atoms with Gasteiger partial charge in [-0.3, -0.25) is 13.9 Å². The molecule has 0 aromatic heterocycles. The molecule has 1 fully saturated rings. The van der Waals surface area contributed by atoms with Gasteiger partial charge < -0.3 is 10.2 Å². The van der Waals surface area contributed by atoms with Crippen molar-refractivity contribution in [1.29, 1.82) is 0 Å². The first-order valence-corrected chi connectivity index (χ1v) is 16.2. The standard InChI is InChI=1S/C33H41N3O4S/c1-25-19-20-30(21-26(25)2)36(41(3,39)40)24-32(37)35(23-28-15-9-5-10-16-28)31(22-27-13-7-4-8-14-27)33(38)34-29-17-11-6-12-18-29/h4-5,7-10,13-16,19-21,29,31H,6,11-12,17-18,22-24H2,1-3H3,(H,34,38). The Morgan fingerprint density at radius 2 is 1.46 bits per heavy atom. The number of hydrogen-bond acceptors (Lipinski definition) is 4. The monoisotopic (exact) mass is 575 g/mol. The van der Waals surface area contributed by atoms with Gasteiger partial charge in [-0.1, -0.05) is 86.0 Å². The molecule has 0 saturated heterocycles. The van der Waals surface area contributed by atoms with E-state index in [2.05, 4.69) is 5.32 Å². The van der Waals surface area contributed by atoms with Crippen LogP contribution in [0.3, 0.4) is 0 Å². The Labute approximate surface area is 244 Å². The number of hydrogen-bond donors (Lipinski definition) is 1. The summed E-state index contributed by atoms with van der Waals surface area (Å²) in [5.74, 6) is -0.639. The van der Waals surface area contributed by atoms with Crippen molar-refractivity contribution in [2.45, 2.75) is 71.0 Å². The van der Waals surface area contributed by atoms with Crippen molar-refractivity contribution >= 4 is 27.5 Å². The molecular formula is C33H41N3O4S. The van der Waals surface area contributed by atoms with E-state index >= 15 is 0 Å². The summed E-state index contributed by atoms with van der Waals surface area (Å²) < 4.78 is 27.1. The molecule has 2 amide bonds. The number of amides is 2. The fourth-order valence-electron chi connectivity index (χ4n) is 5.37. The van der Waals surface area contributed by atoms with Crippen LogP contribution in [-0.4, -0.2) is 50.0 Å². The highest BCUT2D eigenvalue weighted by molar-refractivity contribution is 7.92. The third kappa shape index (κ3) is 8.43. The van der Waals surface area contributed by atoms with Gasteiger partial charge in [0.2, 0.25) is 21.8 Å². The molecule has 1 atom stereocenters. The van der Waals surface area contributed by atoms with Crippen molar-refractivity contribution < 1.29 is 18.0 Å². The molecule has 7 nitrogen and oxygen atoms in total. The van der Waals surface area contributed by atoms with E-state index in [9.17, 15) is 18.0 Å². The highest BCUT2D eigenvalue weighted by Crippen LogP contribution is 2.24. The van der Waals surface area contributed by atoms with Crippen LogP contribution in [0.1, 0.15) is 54.4 Å². The maximum absolute atomic E-state index is 14.2. The summed E-state index contributed by atoms with van der Waals surface area (Å²) in [5.41, 5.74) is 4.17. The van der Waals surface area contributed by atoms with Crippen molar-refractivity contribution in [2.75, 3.05) is 17.1 Å². The van der Waals surface area contributed by atoms with Gasteiger partial charge in [-0.05, 0) is 61.1 Å². The maximum atomic E-state index is 14.2. The second-order valence-electron chi connectivity index (χ2n) is 11.1. The van der Waals surface area contributed by atoms with E-state index in [0.717, 1.165) is 64.9 Å². The van der Waals surface area contributed by atoms with Crippen LogP contribution < -0.4 is 9.62 Å². The van der Waals surface area contributed by atoms with Gasteiger partial charge in [0.25, 0.3) is 0 Å². The van der Waals surface area contributed by atoms with Crippen LogP contribution in [0.2, 0.25) is 0 Å². The second kappa shape index (κ2) is 13.8. The molecule has 218 valence electrons. The highest BCUT2D eigenvalue weighted by atomic mass is 32.2. The average Bonchev–Trinajstić information content (AvgIpc) is 2.96. The Hall–Kier alpha value is -3.65. The molecule has 1 aliphatic carbocycles. The Bertz CT molecular complexity index is 1420. The molecule has 0 spiro atoms. The number of anilines is 1. The van der Waals surface area contributed by atoms with Gasteiger partial charge >= 0.3 is 0 Å². The van der Waals surface area contributed by atoms with E-state index in [4.69, 9.17) is 0 Å². The summed E-state index contributed by atoms with van der Waals surface area (Å²) >= 11 is 0. The zero-order chi connectivity index (χ0) is 29.4. The molecule has 1 N–H and O–H groups in total. The smallest absolute Gasteiger partial charge is 0.244 e. The lowest BCUT2D eigenvalue weighted by Crippen LogP contribution is -2.55. The minimum atomic E-state index is -3.79. The Morgan fingerprint density at radius 1 is 0.854 bits per heavy atom. The zero-order valence-corrected chi connectivity index (χ0v) is 25.1. The first-order valence-electron chi connectivity index (χ1n) is 14.3. The van der Waals surface area contributed by atoms with E-state index in [1.165, 1.54) is 0 Å². The SMILES string of the molecule is Cc1ccc(N(CC(=O)N(Cc2ccccc2)C(Cc2ccccc2)C(=O)NC2CCCCC2)S(C)(=O)=O)cc1C. The van der Waals surface area contributed by atoms with Crippen molar-refractivity contribution in [3.8, 4) is 0 Å². The summed E-state index contributed by atoms with van der Waals surface area (Å²) in [6, 6.07) is 23.8. The summed E-state index contributed by atoms with van der Waals surface area (Å²) in [7, 11) is -3.79. The fourth-order valence-corrected chi connectivity index (χ4v) is 6.21. The lowest BCUT2D eigenvalue weighted by atomic mass is 9.94. The topological polar surface area (TPSA) is 86.8 Å². The summed E-state index contributed by atoms with van der Waals surface area (Å²) in [6.07, 6.45) is 6.57. The van der Waals surface area contributed by atoms with E-state index in [0.29, 0.717) is 12.1 Å². The van der Waals surface area contributed by atoms with E-state index in [1.807, 2.05) is 80.6 Å². The summed E-state index contributed by atoms with van der Waals surface area (Å²) in [5, 5.41) is 3.22. The van der Waals surface area contributed by atoms with Crippen LogP contribution in [0.4, 0.5) is 5.69 Å². The van der Waals surface area contributed by atoms with Crippen molar-refractivity contribution in [3.63, 3.8) is 0 Å². The number of nitrogens with one attached hydrogen (secondary N) is 1. The van der Waals surface area contributed by atoms with Crippen molar-refractivity contribution in [1.82, 2.24) is 10.2 Å². The average molecular weight is 576 g/mol. The Morgan fingerprint density at radius 3 is 2.05 bits per heavy atom. The number of nitrogens with zero attached hydrogens (tertiary/aromatic N) is 2. The summed E-state index contributed by atoms with van der Waals surface area (Å²) in [4.78, 5) is 29.7. The van der Waals surface area contributed by atoms with E-state index < -0.39 is 28.5 Å². The minimum absolute atomic E-state index is 0.0752. The molecule has 0 radical (unpaired) electrons. The van der Waals surface area contributed by atoms with Gasteiger partial charge in [0.1, 0.15) is 12.6 Å². The summed E-state index contributed by atoms with van der Waals surface area (Å²) in [6.45, 7) is 3.64. The molecule has 0 aliphatic heterocycles. The minimum Gasteiger partial charge on any atom is -0.352 e. The van der Waals surface area contributed by atoms with Gasteiger partial charge in [-0.25, -0.2) is 8.42 Å². The van der Waals surface area contributed by atoms with Crippen LogP contribution in [0.5, 0.6) is 0 Å². The van der Waals surface area contributed by atoms with Gasteiger partial charge in [0.15, 0.2) is 0 Å². The van der Waals surface area contributed by atoms with E-state index in [1.54, 1.807) is 17.0 Å². The quantitative estimate of drug-likeness (QED) is 0.342. The molecule has 8 heteroatoms. The molecule has 4 rings (SSSR count). The molecule has 0 bridgehead atoms. The fraction of sp³-hybridized carbons (Fsp3) is 0.394. The second-order valence-corrected chi connectivity index (χ2v) is 13.0. The van der Waals surface area contributed by atoms with Crippen molar-refractivity contribution in [2.24, 2.45) is 0 Å².